The van der Waals surface area contributed by atoms with Gasteiger partial charge in [0, 0.05) is 0 Å². The molecule has 1 unspecified atom stereocenters. The first-order valence-corrected chi connectivity index (χ1v) is 11.7. The Morgan fingerprint density at radius 1 is 0.958 bits per heavy atom. The molecule has 0 N–H and O–H groups in total. The average molecular weight is 436 g/mol. The molecular formula is C19H25Cl3SiTi. The fourth-order valence-corrected chi connectivity index (χ4v) is 10.0. The van der Waals surface area contributed by atoms with Crippen molar-refractivity contribution in [3.05, 3.63) is 51.1 Å². The summed E-state index contributed by atoms with van der Waals surface area (Å²) in [7, 11) is -1.59. The monoisotopic (exact) mass is 434 g/mol. The molecule has 0 bridgehead atoms. The van der Waals surface area contributed by atoms with Crippen molar-refractivity contribution in [3.63, 3.8) is 0 Å². The number of hydrogen-bond donors (Lipinski definition) is 0. The Kier molecular flexibility index (Phi) is 10.8. The van der Waals surface area contributed by atoms with Crippen LogP contribution in [0.2, 0.25) is 12.1 Å². The summed E-state index contributed by atoms with van der Waals surface area (Å²) in [6, 6.07) is 11.5. The predicted molar refractivity (Wildman–Crippen MR) is 89.9 cm³/mol. The van der Waals surface area contributed by atoms with Crippen LogP contribution in [0.25, 0.3) is 0 Å². The zero-order chi connectivity index (χ0) is 14.9. The van der Waals surface area contributed by atoms with Crippen molar-refractivity contribution in [2.45, 2.75) is 57.5 Å². The molecule has 0 heterocycles. The molecule has 0 saturated heterocycles. The maximum Gasteiger partial charge on any atom is -1.00 e. The van der Waals surface area contributed by atoms with Gasteiger partial charge >= 0.3 is 142 Å². The van der Waals surface area contributed by atoms with Crippen molar-refractivity contribution in [1.29, 1.82) is 0 Å². The van der Waals surface area contributed by atoms with Crippen LogP contribution in [0.4, 0.5) is 0 Å². The third-order valence-corrected chi connectivity index (χ3v) is 12.1. The summed E-state index contributed by atoms with van der Waals surface area (Å²) in [5, 5.41) is 3.40. The van der Waals surface area contributed by atoms with Crippen molar-refractivity contribution in [1.82, 2.24) is 0 Å². The van der Waals surface area contributed by atoms with Crippen LogP contribution in [0.1, 0.15) is 45.4 Å². The van der Waals surface area contributed by atoms with Crippen molar-refractivity contribution in [3.8, 4) is 0 Å². The smallest absolute Gasteiger partial charge is 1.00 e. The van der Waals surface area contributed by atoms with Crippen LogP contribution in [0.5, 0.6) is 0 Å². The second kappa shape index (κ2) is 10.6. The first-order valence-electron chi connectivity index (χ1n) is 8.32. The molecule has 2 aliphatic carbocycles. The van der Waals surface area contributed by atoms with E-state index in [4.69, 9.17) is 0 Å². The zero-order valence-corrected chi connectivity index (χ0v) is 19.2. The predicted octanol–water partition coefficient (Wildman–Crippen LogP) is -3.99. The zero-order valence-electron chi connectivity index (χ0n) is 14.4. The van der Waals surface area contributed by atoms with E-state index in [-0.39, 0.29) is 37.2 Å². The molecular weight excluding hydrogens is 411 g/mol. The van der Waals surface area contributed by atoms with E-state index in [0.29, 0.717) is 0 Å². The number of allylic oxidation sites excluding steroid dienone is 4. The fraction of sp³-hybridized carbons (Fsp3) is 0.474. The van der Waals surface area contributed by atoms with Crippen molar-refractivity contribution >= 4 is 13.3 Å². The quantitative estimate of drug-likeness (QED) is 0.425. The summed E-state index contributed by atoms with van der Waals surface area (Å²) >= 11 is 2.32. The summed E-state index contributed by atoms with van der Waals surface area (Å²) < 4.78 is 1.59. The van der Waals surface area contributed by atoms with E-state index in [1.165, 1.54) is 38.5 Å². The van der Waals surface area contributed by atoms with Gasteiger partial charge < -0.3 is 37.2 Å². The van der Waals surface area contributed by atoms with Crippen molar-refractivity contribution in [2.75, 3.05) is 0 Å². The molecule has 0 aromatic heterocycles. The Bertz CT molecular complexity index is 580. The minimum Gasteiger partial charge on any atom is -1.00 e. The molecule has 130 valence electrons. The molecule has 1 atom stereocenters. The van der Waals surface area contributed by atoms with Gasteiger partial charge in [-0.25, -0.2) is 0 Å². The molecule has 3 rings (SSSR count). The fourth-order valence-electron chi connectivity index (χ4n) is 4.35. The SMILES string of the molecule is CC1=[C]([Ti+3])CC=C1[Si](C)(c1ccccc1)C1CCCCC1.[Cl-].[Cl-].[Cl-]. The third kappa shape index (κ3) is 4.61. The van der Waals surface area contributed by atoms with E-state index in [9.17, 15) is 0 Å². The minimum atomic E-state index is -1.59. The Balaban J connectivity index is 0.00000176. The van der Waals surface area contributed by atoms with Gasteiger partial charge in [0.25, 0.3) is 0 Å². The Labute approximate surface area is 178 Å². The summed E-state index contributed by atoms with van der Waals surface area (Å²) in [6.07, 6.45) is 11.0. The standard InChI is InChI=1S/C19H25Si.3ClH.Ti/c1-16-10-9-15-19(16)20(2,17-11-5-3-6-12-17)18-13-7-4-8-14-18;;;;/h3,5-6,11-12,15,18H,4,7-9,13-14H2,1-2H3;3*1H;/q;;;;+3/p-3. The molecule has 2 aliphatic rings. The normalized spacial score (nSPS) is 20.2. The summed E-state index contributed by atoms with van der Waals surface area (Å²) in [5.41, 5.74) is 2.54. The number of hydrogen-bond acceptors (Lipinski definition) is 0. The van der Waals surface area contributed by atoms with Crippen molar-refractivity contribution in [2.24, 2.45) is 0 Å². The average Bonchev–Trinajstić information content (AvgIpc) is 2.88. The Morgan fingerprint density at radius 2 is 1.54 bits per heavy atom. The second-order valence-corrected chi connectivity index (χ2v) is 12.1. The number of benzene rings is 1. The molecule has 1 saturated carbocycles. The van der Waals surface area contributed by atoms with Crippen molar-refractivity contribution < 1.29 is 57.7 Å². The van der Waals surface area contributed by atoms with Gasteiger partial charge in [-0.05, 0) is 0 Å². The molecule has 1 fully saturated rings. The molecule has 0 nitrogen and oxygen atoms in total. The van der Waals surface area contributed by atoms with E-state index in [1.807, 2.05) is 0 Å². The van der Waals surface area contributed by atoms with Gasteiger partial charge in [0.2, 0.25) is 0 Å². The van der Waals surface area contributed by atoms with E-state index < -0.39 is 8.07 Å². The molecule has 0 radical (unpaired) electrons. The van der Waals surface area contributed by atoms with Gasteiger partial charge in [0.15, 0.2) is 0 Å². The van der Waals surface area contributed by atoms with Gasteiger partial charge in [-0.3, -0.25) is 0 Å². The van der Waals surface area contributed by atoms with Crippen LogP contribution >= 0.6 is 0 Å². The van der Waals surface area contributed by atoms with Gasteiger partial charge in [0.05, 0.1) is 0 Å². The molecule has 1 aromatic carbocycles. The van der Waals surface area contributed by atoms with Gasteiger partial charge in [-0.1, -0.05) is 0 Å². The molecule has 0 amide bonds. The number of rotatable bonds is 3. The number of halogens is 3. The van der Waals surface area contributed by atoms with E-state index in [1.54, 1.807) is 19.8 Å². The van der Waals surface area contributed by atoms with Crippen LogP contribution in [0, 0.1) is 0 Å². The Morgan fingerprint density at radius 3 is 2.04 bits per heavy atom. The van der Waals surface area contributed by atoms with Crippen LogP contribution in [0.15, 0.2) is 51.1 Å². The summed E-state index contributed by atoms with van der Waals surface area (Å²) in [6.45, 7) is 5.01. The molecule has 0 spiro atoms. The van der Waals surface area contributed by atoms with E-state index >= 15 is 0 Å². The van der Waals surface area contributed by atoms with Crippen LogP contribution < -0.4 is 42.4 Å². The molecule has 24 heavy (non-hydrogen) atoms. The maximum atomic E-state index is 2.65. The van der Waals surface area contributed by atoms with Crippen LogP contribution in [-0.2, 0) is 20.4 Å². The van der Waals surface area contributed by atoms with Crippen LogP contribution in [-0.4, -0.2) is 8.07 Å². The first-order chi connectivity index (χ1) is 10.1. The maximum absolute atomic E-state index is 2.65. The summed E-state index contributed by atoms with van der Waals surface area (Å²) in [5.74, 6) is 0. The third-order valence-electron chi connectivity index (χ3n) is 5.72. The topological polar surface area (TPSA) is 0 Å². The second-order valence-electron chi connectivity index (χ2n) is 6.83. The summed E-state index contributed by atoms with van der Waals surface area (Å²) in [4.78, 5) is 0. The first kappa shape index (κ1) is 24.5. The largest absolute Gasteiger partial charge is 1.00 e. The van der Waals surface area contributed by atoms with Gasteiger partial charge in [-0.15, -0.1) is 0 Å². The van der Waals surface area contributed by atoms with Gasteiger partial charge in [0.1, 0.15) is 0 Å². The van der Waals surface area contributed by atoms with E-state index in [2.05, 4.69) is 70.3 Å². The molecule has 5 heteroatoms. The van der Waals surface area contributed by atoms with Crippen LogP contribution in [0.3, 0.4) is 0 Å². The minimum absolute atomic E-state index is 0. The van der Waals surface area contributed by atoms with Gasteiger partial charge in [-0.2, -0.15) is 0 Å². The Hall–Kier alpha value is 0.501. The molecule has 0 aliphatic heterocycles. The molecule has 1 aromatic rings. The van der Waals surface area contributed by atoms with E-state index in [0.717, 1.165) is 5.54 Å².